The number of carbonyl (C=O) groups excluding carboxylic acids is 1. The quantitative estimate of drug-likeness (QED) is 0.721. The van der Waals surface area contributed by atoms with E-state index in [-0.39, 0.29) is 5.92 Å². The van der Waals surface area contributed by atoms with Crippen LogP contribution in [0.2, 0.25) is 0 Å². The minimum Gasteiger partial charge on any atom is -0.345 e. The van der Waals surface area contributed by atoms with Gasteiger partial charge in [0.15, 0.2) is 0 Å². The summed E-state index contributed by atoms with van der Waals surface area (Å²) >= 11 is 0. The molecule has 2 saturated heterocycles. The Bertz CT molecular complexity index is 598. The third-order valence-corrected chi connectivity index (χ3v) is 6.42. The molecule has 2 fully saturated rings. The van der Waals surface area contributed by atoms with E-state index in [0.717, 1.165) is 58.5 Å². The van der Waals surface area contributed by atoms with Gasteiger partial charge in [0.2, 0.25) is 5.91 Å². The predicted octanol–water partition coefficient (Wildman–Crippen LogP) is 3.26. The topological polar surface area (TPSA) is 39.7 Å². The number of rotatable bonds is 7. The third-order valence-electron chi connectivity index (χ3n) is 6.42. The van der Waals surface area contributed by atoms with Gasteiger partial charge in [-0.25, -0.2) is 0 Å². The van der Waals surface area contributed by atoms with Gasteiger partial charge in [0, 0.05) is 45.1 Å². The van der Waals surface area contributed by atoms with Crippen molar-refractivity contribution in [3.05, 3.63) is 30.1 Å². The Balaban J connectivity index is 1.45. The van der Waals surface area contributed by atoms with E-state index in [4.69, 9.17) is 0 Å². The highest BCUT2D eigenvalue weighted by Crippen LogP contribution is 2.25. The van der Waals surface area contributed by atoms with Crippen LogP contribution < -0.4 is 0 Å². The maximum atomic E-state index is 12.9. The van der Waals surface area contributed by atoms with Gasteiger partial charge in [-0.15, -0.1) is 0 Å². The molecule has 0 spiro atoms. The molecular weight excluding hydrogens is 348 g/mol. The molecular formula is C23H38N4O. The molecule has 5 heteroatoms. The molecule has 28 heavy (non-hydrogen) atoms. The molecule has 0 aliphatic carbocycles. The van der Waals surface area contributed by atoms with Crippen molar-refractivity contribution in [3.8, 4) is 0 Å². The van der Waals surface area contributed by atoms with E-state index < -0.39 is 0 Å². The van der Waals surface area contributed by atoms with Crippen LogP contribution in [0, 0.1) is 11.8 Å². The van der Waals surface area contributed by atoms with E-state index in [1.165, 1.54) is 18.4 Å². The fraction of sp³-hybridized carbons (Fsp3) is 0.739. The normalized spacial score (nSPS) is 22.5. The second kappa shape index (κ2) is 10.4. The highest BCUT2D eigenvalue weighted by atomic mass is 16.2. The fourth-order valence-electron chi connectivity index (χ4n) is 4.61. The van der Waals surface area contributed by atoms with Gasteiger partial charge in [0.05, 0.1) is 5.92 Å². The van der Waals surface area contributed by atoms with Gasteiger partial charge < -0.3 is 4.90 Å². The van der Waals surface area contributed by atoms with Gasteiger partial charge in [-0.05, 0) is 69.3 Å². The molecule has 1 aromatic rings. The van der Waals surface area contributed by atoms with Gasteiger partial charge in [-0.1, -0.05) is 19.9 Å². The second-order valence-electron chi connectivity index (χ2n) is 9.14. The number of likely N-dealkylation sites (tertiary alicyclic amines) is 2. The van der Waals surface area contributed by atoms with Crippen molar-refractivity contribution in [2.24, 2.45) is 11.8 Å². The molecule has 0 unspecified atom stereocenters. The Labute approximate surface area is 171 Å². The zero-order chi connectivity index (χ0) is 19.9. The molecule has 0 bridgehead atoms. The van der Waals surface area contributed by atoms with Crippen LogP contribution in [-0.4, -0.2) is 71.4 Å². The molecule has 5 nitrogen and oxygen atoms in total. The van der Waals surface area contributed by atoms with Crippen LogP contribution in [-0.2, 0) is 11.3 Å². The molecule has 1 aromatic heterocycles. The van der Waals surface area contributed by atoms with E-state index in [1.807, 2.05) is 30.4 Å². The van der Waals surface area contributed by atoms with E-state index in [1.54, 1.807) is 0 Å². The summed E-state index contributed by atoms with van der Waals surface area (Å²) in [6, 6.07) is 4.82. The van der Waals surface area contributed by atoms with Crippen molar-refractivity contribution in [3.63, 3.8) is 0 Å². The van der Waals surface area contributed by atoms with Crippen LogP contribution in [0.25, 0.3) is 0 Å². The Morgan fingerprint density at radius 1 is 1.25 bits per heavy atom. The molecule has 0 N–H and O–H groups in total. The first kappa shape index (κ1) is 21.3. The van der Waals surface area contributed by atoms with Crippen molar-refractivity contribution in [1.29, 1.82) is 0 Å². The number of nitrogens with zero attached hydrogens (tertiary/aromatic N) is 4. The average Bonchev–Trinajstić information content (AvgIpc) is 2.73. The summed E-state index contributed by atoms with van der Waals surface area (Å²) in [4.78, 5) is 24.2. The van der Waals surface area contributed by atoms with Gasteiger partial charge in [-0.2, -0.15) is 0 Å². The lowest BCUT2D eigenvalue weighted by Gasteiger charge is -2.42. The van der Waals surface area contributed by atoms with E-state index >= 15 is 0 Å². The van der Waals surface area contributed by atoms with E-state index in [9.17, 15) is 4.79 Å². The highest BCUT2D eigenvalue weighted by Gasteiger charge is 2.32. The summed E-state index contributed by atoms with van der Waals surface area (Å²) in [5, 5.41) is 0. The molecule has 3 heterocycles. The largest absolute Gasteiger partial charge is 0.345 e. The summed E-state index contributed by atoms with van der Waals surface area (Å²) in [6.45, 7) is 10.7. The van der Waals surface area contributed by atoms with E-state index in [2.05, 4.69) is 34.7 Å². The SMILES string of the molecule is CC(C)CCN(C)C(=O)[C@H]1CCCN(C2CCN(Cc3cccnc3)CC2)C1. The van der Waals surface area contributed by atoms with Crippen LogP contribution in [0.4, 0.5) is 0 Å². The number of aromatic nitrogens is 1. The summed E-state index contributed by atoms with van der Waals surface area (Å²) < 4.78 is 0. The maximum Gasteiger partial charge on any atom is 0.226 e. The third kappa shape index (κ3) is 6.02. The fourth-order valence-corrected chi connectivity index (χ4v) is 4.61. The predicted molar refractivity (Wildman–Crippen MR) is 114 cm³/mol. The number of hydrogen-bond acceptors (Lipinski definition) is 4. The second-order valence-corrected chi connectivity index (χ2v) is 9.14. The van der Waals surface area contributed by atoms with Crippen molar-refractivity contribution in [2.75, 3.05) is 39.8 Å². The maximum absolute atomic E-state index is 12.9. The van der Waals surface area contributed by atoms with E-state index in [0.29, 0.717) is 17.9 Å². The Hall–Kier alpha value is -1.46. The van der Waals surface area contributed by atoms with Crippen molar-refractivity contribution >= 4 is 5.91 Å². The van der Waals surface area contributed by atoms with Crippen LogP contribution in [0.1, 0.15) is 51.5 Å². The number of carbonyl (C=O) groups is 1. The van der Waals surface area contributed by atoms with Gasteiger partial charge in [0.25, 0.3) is 0 Å². The Morgan fingerprint density at radius 3 is 2.71 bits per heavy atom. The summed E-state index contributed by atoms with van der Waals surface area (Å²) in [5.41, 5.74) is 1.30. The summed E-state index contributed by atoms with van der Waals surface area (Å²) in [6.07, 6.45) is 9.54. The number of pyridine rings is 1. The molecule has 0 radical (unpaired) electrons. The molecule has 0 saturated carbocycles. The average molecular weight is 387 g/mol. The van der Waals surface area contributed by atoms with Crippen molar-refractivity contribution in [1.82, 2.24) is 19.7 Å². The zero-order valence-electron chi connectivity index (χ0n) is 18.0. The number of hydrogen-bond donors (Lipinski definition) is 0. The molecule has 2 aliphatic heterocycles. The molecule has 2 aliphatic rings. The lowest BCUT2D eigenvalue weighted by molar-refractivity contribution is -0.136. The highest BCUT2D eigenvalue weighted by molar-refractivity contribution is 5.78. The van der Waals surface area contributed by atoms with Gasteiger partial charge >= 0.3 is 0 Å². The number of amides is 1. The smallest absolute Gasteiger partial charge is 0.226 e. The standard InChI is InChI=1S/C23H38N4O/c1-19(2)8-13-25(3)23(28)21-7-5-12-27(18-21)22-9-14-26(15-10-22)17-20-6-4-11-24-16-20/h4,6,11,16,19,21-22H,5,7-10,12-15,17-18H2,1-3H3/t21-/m0/s1. The van der Waals surface area contributed by atoms with Gasteiger partial charge in [0.1, 0.15) is 0 Å². The van der Waals surface area contributed by atoms with Crippen molar-refractivity contribution < 1.29 is 4.79 Å². The van der Waals surface area contributed by atoms with Gasteiger partial charge in [-0.3, -0.25) is 19.6 Å². The zero-order valence-corrected chi connectivity index (χ0v) is 18.0. The molecule has 156 valence electrons. The van der Waals surface area contributed by atoms with Crippen LogP contribution in [0.15, 0.2) is 24.5 Å². The summed E-state index contributed by atoms with van der Waals surface area (Å²) in [5.74, 6) is 1.20. The first-order valence-electron chi connectivity index (χ1n) is 11.1. The lowest BCUT2D eigenvalue weighted by atomic mass is 9.92. The first-order valence-corrected chi connectivity index (χ1v) is 11.1. The van der Waals surface area contributed by atoms with Crippen LogP contribution in [0.5, 0.6) is 0 Å². The minimum atomic E-state index is 0.194. The first-order chi connectivity index (χ1) is 13.5. The lowest BCUT2D eigenvalue weighted by Crippen LogP contribution is -2.50. The molecule has 3 rings (SSSR count). The Kier molecular flexibility index (Phi) is 7.86. The number of piperidine rings is 2. The monoisotopic (exact) mass is 386 g/mol. The molecule has 1 amide bonds. The molecule has 0 aromatic carbocycles. The van der Waals surface area contributed by atoms with Crippen LogP contribution >= 0.6 is 0 Å². The van der Waals surface area contributed by atoms with Crippen molar-refractivity contribution in [2.45, 2.75) is 58.5 Å². The molecule has 1 atom stereocenters. The van der Waals surface area contributed by atoms with Crippen LogP contribution in [0.3, 0.4) is 0 Å². The summed E-state index contributed by atoms with van der Waals surface area (Å²) in [7, 11) is 1.99. The minimum absolute atomic E-state index is 0.194. The Morgan fingerprint density at radius 2 is 2.04 bits per heavy atom.